The van der Waals surface area contributed by atoms with Gasteiger partial charge in [-0.3, -0.25) is 0 Å². The Morgan fingerprint density at radius 3 is 2.75 bits per heavy atom. The SMILES string of the molecule is Cc1ccc(CC2(C#N)CCCN(C(=O)OC(C)(C)C)C2)c(Cl)c1. The van der Waals surface area contributed by atoms with E-state index in [9.17, 15) is 10.1 Å². The van der Waals surface area contributed by atoms with Crippen LogP contribution >= 0.6 is 11.6 Å². The smallest absolute Gasteiger partial charge is 0.410 e. The molecule has 0 spiro atoms. The highest BCUT2D eigenvalue weighted by molar-refractivity contribution is 6.31. The molecule has 1 unspecified atom stereocenters. The molecule has 130 valence electrons. The molecule has 1 fully saturated rings. The monoisotopic (exact) mass is 348 g/mol. The van der Waals surface area contributed by atoms with Crippen molar-refractivity contribution in [3.8, 4) is 6.07 Å². The van der Waals surface area contributed by atoms with Crippen molar-refractivity contribution >= 4 is 17.7 Å². The first kappa shape index (κ1) is 18.6. The Morgan fingerprint density at radius 2 is 2.17 bits per heavy atom. The Bertz CT molecular complexity index is 660. The molecule has 1 atom stereocenters. The van der Waals surface area contributed by atoms with E-state index in [2.05, 4.69) is 6.07 Å². The summed E-state index contributed by atoms with van der Waals surface area (Å²) in [5.41, 5.74) is 0.890. The number of aryl methyl sites for hydroxylation is 1. The molecule has 1 aromatic carbocycles. The molecule has 0 aliphatic carbocycles. The first-order chi connectivity index (χ1) is 11.1. The van der Waals surface area contributed by atoms with Crippen LogP contribution in [0.15, 0.2) is 18.2 Å². The number of rotatable bonds is 2. The number of ether oxygens (including phenoxy) is 1. The lowest BCUT2D eigenvalue weighted by Crippen LogP contribution is -2.48. The summed E-state index contributed by atoms with van der Waals surface area (Å²) in [6, 6.07) is 8.34. The molecule has 5 heteroatoms. The first-order valence-electron chi connectivity index (χ1n) is 8.28. The van der Waals surface area contributed by atoms with Crippen molar-refractivity contribution in [2.45, 2.75) is 52.6 Å². The van der Waals surface area contributed by atoms with E-state index in [4.69, 9.17) is 16.3 Å². The van der Waals surface area contributed by atoms with Gasteiger partial charge in [-0.25, -0.2) is 4.79 Å². The quantitative estimate of drug-likeness (QED) is 0.776. The molecule has 1 saturated heterocycles. The number of nitrogens with zero attached hydrogens (tertiary/aromatic N) is 2. The topological polar surface area (TPSA) is 53.3 Å². The van der Waals surface area contributed by atoms with Crippen LogP contribution in [-0.4, -0.2) is 29.7 Å². The number of benzene rings is 1. The molecule has 0 bridgehead atoms. The second-order valence-corrected chi connectivity index (χ2v) is 8.08. The fraction of sp³-hybridized carbons (Fsp3) is 0.579. The molecular formula is C19H25ClN2O2. The van der Waals surface area contributed by atoms with Gasteiger partial charge in [-0.2, -0.15) is 5.26 Å². The van der Waals surface area contributed by atoms with Gasteiger partial charge in [0.25, 0.3) is 0 Å². The molecule has 24 heavy (non-hydrogen) atoms. The predicted octanol–water partition coefficient (Wildman–Crippen LogP) is 4.73. The maximum atomic E-state index is 12.3. The number of piperidine rings is 1. The highest BCUT2D eigenvalue weighted by Crippen LogP contribution is 2.35. The summed E-state index contributed by atoms with van der Waals surface area (Å²) in [6.45, 7) is 8.53. The number of carbonyl (C=O) groups excluding carboxylic acids is 1. The normalized spacial score (nSPS) is 21.2. The van der Waals surface area contributed by atoms with Crippen molar-refractivity contribution in [3.63, 3.8) is 0 Å². The van der Waals surface area contributed by atoms with Gasteiger partial charge in [-0.1, -0.05) is 23.7 Å². The van der Waals surface area contributed by atoms with Crippen molar-refractivity contribution < 1.29 is 9.53 Å². The lowest BCUT2D eigenvalue weighted by atomic mass is 9.76. The van der Waals surface area contributed by atoms with E-state index in [-0.39, 0.29) is 6.09 Å². The van der Waals surface area contributed by atoms with E-state index >= 15 is 0 Å². The van der Waals surface area contributed by atoms with Crippen molar-refractivity contribution in [2.75, 3.05) is 13.1 Å². The van der Waals surface area contributed by atoms with Crippen LogP contribution in [0, 0.1) is 23.7 Å². The Morgan fingerprint density at radius 1 is 1.46 bits per heavy atom. The third-order valence-electron chi connectivity index (χ3n) is 4.20. The molecule has 1 amide bonds. The minimum atomic E-state index is -0.617. The zero-order chi connectivity index (χ0) is 18.0. The number of amides is 1. The lowest BCUT2D eigenvalue weighted by Gasteiger charge is -2.39. The Kier molecular flexibility index (Phi) is 5.45. The Hall–Kier alpha value is -1.73. The lowest BCUT2D eigenvalue weighted by molar-refractivity contribution is 0.0111. The Labute approximate surface area is 149 Å². The van der Waals surface area contributed by atoms with Crippen LogP contribution < -0.4 is 0 Å². The van der Waals surface area contributed by atoms with Crippen molar-refractivity contribution in [1.82, 2.24) is 4.90 Å². The van der Waals surface area contributed by atoms with Gasteiger partial charge in [0.15, 0.2) is 0 Å². The molecule has 4 nitrogen and oxygen atoms in total. The maximum Gasteiger partial charge on any atom is 0.410 e. The van der Waals surface area contributed by atoms with Crippen LogP contribution in [-0.2, 0) is 11.2 Å². The van der Waals surface area contributed by atoms with Gasteiger partial charge in [-0.05, 0) is 64.2 Å². The van der Waals surface area contributed by atoms with E-state index in [0.29, 0.717) is 24.5 Å². The fourth-order valence-electron chi connectivity index (χ4n) is 3.05. The van der Waals surface area contributed by atoms with Crippen LogP contribution in [0.4, 0.5) is 4.79 Å². The first-order valence-corrected chi connectivity index (χ1v) is 8.66. The zero-order valence-electron chi connectivity index (χ0n) is 14.9. The third-order valence-corrected chi connectivity index (χ3v) is 4.56. The second kappa shape index (κ2) is 7.03. The predicted molar refractivity (Wildman–Crippen MR) is 95.0 cm³/mol. The highest BCUT2D eigenvalue weighted by atomic mass is 35.5. The molecule has 2 rings (SSSR count). The summed E-state index contributed by atoms with van der Waals surface area (Å²) in [5, 5.41) is 10.5. The van der Waals surface area contributed by atoms with Crippen molar-refractivity contribution in [2.24, 2.45) is 5.41 Å². The summed E-state index contributed by atoms with van der Waals surface area (Å²) in [6.07, 6.45) is 1.74. The molecule has 1 heterocycles. The number of likely N-dealkylation sites (tertiary alicyclic amines) is 1. The maximum absolute atomic E-state index is 12.3. The average molecular weight is 349 g/mol. The molecule has 0 saturated carbocycles. The summed E-state index contributed by atoms with van der Waals surface area (Å²) >= 11 is 6.34. The van der Waals surface area contributed by atoms with Gasteiger partial charge in [0.1, 0.15) is 5.60 Å². The van der Waals surface area contributed by atoms with E-state index in [1.54, 1.807) is 4.90 Å². The molecular weight excluding hydrogens is 324 g/mol. The van der Waals surface area contributed by atoms with Gasteiger partial charge < -0.3 is 9.64 Å². The van der Waals surface area contributed by atoms with Crippen molar-refractivity contribution in [1.29, 1.82) is 5.26 Å². The van der Waals surface area contributed by atoms with E-state index in [1.165, 1.54) is 0 Å². The number of hydrogen-bond donors (Lipinski definition) is 0. The van der Waals surface area contributed by atoms with Gasteiger partial charge in [-0.15, -0.1) is 0 Å². The summed E-state index contributed by atoms with van der Waals surface area (Å²) in [7, 11) is 0. The van der Waals surface area contributed by atoms with Gasteiger partial charge in [0, 0.05) is 18.1 Å². The fourth-order valence-corrected chi connectivity index (χ4v) is 3.35. The number of carbonyl (C=O) groups is 1. The molecule has 0 radical (unpaired) electrons. The average Bonchev–Trinajstić information content (AvgIpc) is 2.49. The van der Waals surface area contributed by atoms with Gasteiger partial charge >= 0.3 is 6.09 Å². The molecule has 1 aromatic rings. The summed E-state index contributed by atoms with van der Waals surface area (Å²) < 4.78 is 5.46. The summed E-state index contributed by atoms with van der Waals surface area (Å²) in [5.74, 6) is 0. The molecule has 1 aliphatic heterocycles. The standard InChI is InChI=1S/C19H25ClN2O2/c1-14-6-7-15(16(20)10-14)11-19(12-21)8-5-9-22(13-19)17(23)24-18(2,3)4/h6-7,10H,5,8-9,11,13H2,1-4H3. The highest BCUT2D eigenvalue weighted by Gasteiger charge is 2.39. The van der Waals surface area contributed by atoms with E-state index in [1.807, 2.05) is 45.9 Å². The van der Waals surface area contributed by atoms with E-state index < -0.39 is 11.0 Å². The van der Waals surface area contributed by atoms with Crippen LogP contribution in [0.2, 0.25) is 5.02 Å². The minimum Gasteiger partial charge on any atom is -0.444 e. The minimum absolute atomic E-state index is 0.350. The van der Waals surface area contributed by atoms with Gasteiger partial charge in [0.05, 0.1) is 11.5 Å². The number of halogens is 1. The van der Waals surface area contributed by atoms with E-state index in [0.717, 1.165) is 24.0 Å². The largest absolute Gasteiger partial charge is 0.444 e. The van der Waals surface area contributed by atoms with Gasteiger partial charge in [0.2, 0.25) is 0 Å². The zero-order valence-corrected chi connectivity index (χ0v) is 15.6. The van der Waals surface area contributed by atoms with Crippen LogP contribution in [0.1, 0.15) is 44.7 Å². The number of hydrogen-bond acceptors (Lipinski definition) is 3. The van der Waals surface area contributed by atoms with Crippen LogP contribution in [0.25, 0.3) is 0 Å². The van der Waals surface area contributed by atoms with Crippen molar-refractivity contribution in [3.05, 3.63) is 34.3 Å². The van der Waals surface area contributed by atoms with Crippen LogP contribution in [0.5, 0.6) is 0 Å². The molecule has 0 aromatic heterocycles. The molecule has 1 aliphatic rings. The molecule has 0 N–H and O–H groups in total. The Balaban J connectivity index is 2.17. The second-order valence-electron chi connectivity index (χ2n) is 7.67. The van der Waals surface area contributed by atoms with Crippen LogP contribution in [0.3, 0.4) is 0 Å². The summed E-state index contributed by atoms with van der Waals surface area (Å²) in [4.78, 5) is 14.0. The number of nitriles is 1. The third kappa shape index (κ3) is 4.64.